The van der Waals surface area contributed by atoms with Gasteiger partial charge in [0.25, 0.3) is 0 Å². The molecule has 0 spiro atoms. The van der Waals surface area contributed by atoms with Crippen molar-refractivity contribution in [1.29, 1.82) is 0 Å². The zero-order valence-electron chi connectivity index (χ0n) is 20.4. The molecule has 2 saturated carbocycles. The normalized spacial score (nSPS) is 24.5. The van der Waals surface area contributed by atoms with E-state index >= 15 is 0 Å². The Kier molecular flexibility index (Phi) is 8.67. The molecule has 2 fully saturated rings. The van der Waals surface area contributed by atoms with Gasteiger partial charge in [-0.1, -0.05) is 18.2 Å². The predicted molar refractivity (Wildman–Crippen MR) is 126 cm³/mol. The Morgan fingerprint density at radius 3 is 1.97 bits per heavy atom. The topological polar surface area (TPSA) is 55.8 Å². The predicted octanol–water partition coefficient (Wildman–Crippen LogP) is 6.68. The van der Waals surface area contributed by atoms with Gasteiger partial charge >= 0.3 is 5.97 Å². The van der Waals surface area contributed by atoms with Gasteiger partial charge in [-0.25, -0.2) is 22.4 Å². The first-order valence-electron chi connectivity index (χ1n) is 12.7. The second kappa shape index (κ2) is 11.7. The lowest BCUT2D eigenvalue weighted by Gasteiger charge is -2.29. The largest absolute Gasteiger partial charge is 0.459 e. The summed E-state index contributed by atoms with van der Waals surface area (Å²) >= 11 is 0. The van der Waals surface area contributed by atoms with Crippen molar-refractivity contribution >= 4 is 5.97 Å². The number of halogens is 4. The fraction of sp³-hybridized carbons (Fsp3) is 0.536. The Bertz CT molecular complexity index is 1070. The van der Waals surface area contributed by atoms with Gasteiger partial charge < -0.3 is 14.6 Å². The van der Waals surface area contributed by atoms with E-state index in [-0.39, 0.29) is 35.1 Å². The van der Waals surface area contributed by atoms with E-state index in [1.807, 2.05) is 0 Å². The summed E-state index contributed by atoms with van der Waals surface area (Å²) in [5, 5.41) is 9.65. The molecule has 2 aliphatic rings. The molecule has 0 amide bonds. The number of benzene rings is 2. The van der Waals surface area contributed by atoms with E-state index < -0.39 is 47.0 Å². The summed E-state index contributed by atoms with van der Waals surface area (Å²) < 4.78 is 69.2. The fourth-order valence-corrected chi connectivity index (χ4v) is 5.37. The van der Waals surface area contributed by atoms with Crippen LogP contribution < -0.4 is 0 Å². The summed E-state index contributed by atoms with van der Waals surface area (Å²) in [6.07, 6.45) is 3.03. The summed E-state index contributed by atoms with van der Waals surface area (Å²) in [6.45, 7) is 2.18. The van der Waals surface area contributed by atoms with Crippen LogP contribution in [0.2, 0.25) is 0 Å². The average Bonchev–Trinajstić information content (AvgIpc) is 2.88. The number of hydrogen-bond acceptors (Lipinski definition) is 4. The molecule has 196 valence electrons. The van der Waals surface area contributed by atoms with Crippen LogP contribution in [0, 0.1) is 23.3 Å². The van der Waals surface area contributed by atoms with Crippen LogP contribution >= 0.6 is 0 Å². The molecule has 2 aromatic rings. The van der Waals surface area contributed by atoms with Crippen LogP contribution in [0.1, 0.15) is 97.2 Å². The van der Waals surface area contributed by atoms with Gasteiger partial charge in [0.05, 0.1) is 18.3 Å². The zero-order chi connectivity index (χ0) is 25.8. The minimum Gasteiger partial charge on any atom is -0.459 e. The lowest BCUT2D eigenvalue weighted by molar-refractivity contribution is 0.0188. The summed E-state index contributed by atoms with van der Waals surface area (Å²) in [6, 6.07) is 5.80. The lowest BCUT2D eigenvalue weighted by atomic mass is 9.82. The van der Waals surface area contributed by atoms with Crippen LogP contribution in [0.4, 0.5) is 17.6 Å². The standard InChI is InChI=1S/C28H32F4O4/c1-2-35-15-18-7-12-21(25(30)24(18)29)17-5-10-20(11-6-17)36-28(34)23-14-13-22(26(31)27(23)32)16-3-8-19(33)9-4-16/h7,12-14,16-17,19-20,33H,2-6,8-11,15H2,1H3. The molecule has 0 bridgehead atoms. The molecule has 0 radical (unpaired) electrons. The first-order valence-corrected chi connectivity index (χ1v) is 12.7. The molecule has 0 unspecified atom stereocenters. The highest BCUT2D eigenvalue weighted by atomic mass is 19.2. The number of rotatable bonds is 7. The number of hydrogen-bond donors (Lipinski definition) is 1. The number of aliphatic hydroxyl groups excluding tert-OH is 1. The van der Waals surface area contributed by atoms with Crippen molar-refractivity contribution in [3.8, 4) is 0 Å². The third kappa shape index (κ3) is 5.75. The van der Waals surface area contributed by atoms with Crippen LogP contribution in [-0.4, -0.2) is 29.9 Å². The van der Waals surface area contributed by atoms with Crippen molar-refractivity contribution in [2.75, 3.05) is 6.61 Å². The van der Waals surface area contributed by atoms with E-state index in [2.05, 4.69) is 0 Å². The molecule has 4 rings (SSSR count). The second-order valence-corrected chi connectivity index (χ2v) is 9.79. The minimum atomic E-state index is -1.22. The van der Waals surface area contributed by atoms with E-state index in [4.69, 9.17) is 9.47 Å². The van der Waals surface area contributed by atoms with E-state index in [9.17, 15) is 27.5 Å². The lowest BCUT2D eigenvalue weighted by Crippen LogP contribution is -2.25. The molecule has 2 aromatic carbocycles. The summed E-state index contributed by atoms with van der Waals surface area (Å²) in [4.78, 5) is 12.6. The average molecular weight is 509 g/mol. The van der Waals surface area contributed by atoms with Gasteiger partial charge in [-0.2, -0.15) is 0 Å². The molecule has 1 N–H and O–H groups in total. The summed E-state index contributed by atoms with van der Waals surface area (Å²) in [7, 11) is 0. The third-order valence-corrected chi connectivity index (χ3v) is 7.51. The Hall–Kier alpha value is -2.45. The first-order chi connectivity index (χ1) is 17.3. The molecular formula is C28H32F4O4. The number of carbonyl (C=O) groups excluding carboxylic acids is 1. The van der Waals surface area contributed by atoms with Crippen molar-refractivity contribution in [3.05, 3.63) is 69.8 Å². The summed E-state index contributed by atoms with van der Waals surface area (Å²) in [5.74, 6) is -5.39. The second-order valence-electron chi connectivity index (χ2n) is 9.79. The third-order valence-electron chi connectivity index (χ3n) is 7.51. The molecule has 36 heavy (non-hydrogen) atoms. The Labute approximate surface area is 208 Å². The molecule has 2 aliphatic carbocycles. The number of aliphatic hydroxyl groups is 1. The van der Waals surface area contributed by atoms with E-state index in [1.54, 1.807) is 13.0 Å². The van der Waals surface area contributed by atoms with Crippen LogP contribution in [0.25, 0.3) is 0 Å². The Balaban J connectivity index is 1.36. The van der Waals surface area contributed by atoms with Crippen LogP contribution in [-0.2, 0) is 16.1 Å². The molecule has 0 aromatic heterocycles. The van der Waals surface area contributed by atoms with Gasteiger partial charge in [0.2, 0.25) is 0 Å². The van der Waals surface area contributed by atoms with Gasteiger partial charge in [-0.3, -0.25) is 0 Å². The van der Waals surface area contributed by atoms with Crippen molar-refractivity contribution in [1.82, 2.24) is 0 Å². The first kappa shape index (κ1) is 26.6. The quantitative estimate of drug-likeness (QED) is 0.335. The van der Waals surface area contributed by atoms with Gasteiger partial charge in [0, 0.05) is 12.2 Å². The van der Waals surface area contributed by atoms with E-state index in [0.29, 0.717) is 58.0 Å². The maximum absolute atomic E-state index is 14.8. The fourth-order valence-electron chi connectivity index (χ4n) is 5.37. The molecule has 0 saturated heterocycles. The van der Waals surface area contributed by atoms with Gasteiger partial charge in [0.15, 0.2) is 23.3 Å². The SMILES string of the molecule is CCOCc1ccc(C2CCC(OC(=O)c3ccc(C4CCC(O)CC4)c(F)c3F)CC2)c(F)c1F. The van der Waals surface area contributed by atoms with Crippen LogP contribution in [0.15, 0.2) is 24.3 Å². The van der Waals surface area contributed by atoms with Gasteiger partial charge in [0.1, 0.15) is 6.10 Å². The zero-order valence-corrected chi connectivity index (χ0v) is 20.4. The Morgan fingerprint density at radius 2 is 1.36 bits per heavy atom. The number of ether oxygens (including phenoxy) is 2. The molecule has 8 heteroatoms. The van der Waals surface area contributed by atoms with Crippen molar-refractivity contribution < 1.29 is 36.9 Å². The smallest absolute Gasteiger partial charge is 0.341 e. The molecule has 0 atom stereocenters. The highest BCUT2D eigenvalue weighted by Crippen LogP contribution is 2.38. The van der Waals surface area contributed by atoms with Gasteiger partial charge in [-0.15, -0.1) is 0 Å². The Morgan fingerprint density at radius 1 is 0.806 bits per heavy atom. The van der Waals surface area contributed by atoms with E-state index in [1.165, 1.54) is 18.2 Å². The van der Waals surface area contributed by atoms with Crippen LogP contribution in [0.5, 0.6) is 0 Å². The highest BCUT2D eigenvalue weighted by molar-refractivity contribution is 5.90. The number of carbonyl (C=O) groups is 1. The highest BCUT2D eigenvalue weighted by Gasteiger charge is 2.31. The molecule has 4 nitrogen and oxygen atoms in total. The maximum atomic E-state index is 14.8. The number of esters is 1. The molecule has 0 aliphatic heterocycles. The maximum Gasteiger partial charge on any atom is 0.341 e. The monoisotopic (exact) mass is 508 g/mol. The van der Waals surface area contributed by atoms with Crippen molar-refractivity contribution in [2.45, 2.75) is 88.9 Å². The molecular weight excluding hydrogens is 476 g/mol. The molecule has 0 heterocycles. The van der Waals surface area contributed by atoms with Crippen LogP contribution in [0.3, 0.4) is 0 Å². The van der Waals surface area contributed by atoms with Gasteiger partial charge in [-0.05, 0) is 87.3 Å². The van der Waals surface area contributed by atoms with E-state index in [0.717, 1.165) is 0 Å². The minimum absolute atomic E-state index is 0.00411. The van der Waals surface area contributed by atoms with Crippen molar-refractivity contribution in [2.24, 2.45) is 0 Å². The van der Waals surface area contributed by atoms with Crippen molar-refractivity contribution in [3.63, 3.8) is 0 Å². The summed E-state index contributed by atoms with van der Waals surface area (Å²) in [5.41, 5.74) is 0.226.